The highest BCUT2D eigenvalue weighted by atomic mass is 35.5. The van der Waals surface area contributed by atoms with Crippen LogP contribution >= 0.6 is 23.2 Å². The van der Waals surface area contributed by atoms with Gasteiger partial charge >= 0.3 is 0 Å². The Balaban J connectivity index is 1.58. The van der Waals surface area contributed by atoms with E-state index in [0.717, 1.165) is 13.0 Å². The fraction of sp³-hybridized carbons (Fsp3) is 0.600. The molecule has 1 aromatic carbocycles. The molecular formula is C15H20Cl2N2. The van der Waals surface area contributed by atoms with Crippen LogP contribution < -0.4 is 0 Å². The number of rotatable bonds is 3. The maximum Gasteiger partial charge on any atom is 0.0623 e. The van der Waals surface area contributed by atoms with Gasteiger partial charge in [0.2, 0.25) is 0 Å². The standard InChI is InChI=1S/C15H20Cl2N2/c16-13-5-4-12(11-14(13)17)6-8-19-10-9-18-7-2-1-3-15(18)19/h4-5,11,15H,1-3,6-10H2/t15-/m1/s1. The molecular weight excluding hydrogens is 279 g/mol. The molecule has 104 valence electrons. The van der Waals surface area contributed by atoms with Crippen LogP contribution in [0, 0.1) is 0 Å². The molecule has 2 saturated heterocycles. The Morgan fingerprint density at radius 1 is 1.05 bits per heavy atom. The van der Waals surface area contributed by atoms with E-state index in [4.69, 9.17) is 23.2 Å². The van der Waals surface area contributed by atoms with Crippen LogP contribution in [0.15, 0.2) is 18.2 Å². The molecule has 2 aliphatic rings. The summed E-state index contributed by atoms with van der Waals surface area (Å²) in [5.74, 6) is 0. The first-order valence-electron chi connectivity index (χ1n) is 7.16. The third-order valence-electron chi connectivity index (χ3n) is 4.35. The lowest BCUT2D eigenvalue weighted by Gasteiger charge is -2.34. The Hall–Kier alpha value is -0.280. The molecule has 0 saturated carbocycles. The zero-order valence-corrected chi connectivity index (χ0v) is 12.6. The Morgan fingerprint density at radius 2 is 1.95 bits per heavy atom. The first-order chi connectivity index (χ1) is 9.24. The average Bonchev–Trinajstić information content (AvgIpc) is 2.83. The molecule has 1 aromatic rings. The van der Waals surface area contributed by atoms with Crippen LogP contribution in [0.25, 0.3) is 0 Å². The fourth-order valence-corrected chi connectivity index (χ4v) is 3.60. The van der Waals surface area contributed by atoms with Gasteiger partial charge in [0.25, 0.3) is 0 Å². The zero-order chi connectivity index (χ0) is 13.2. The molecule has 0 bridgehead atoms. The summed E-state index contributed by atoms with van der Waals surface area (Å²) in [6.45, 7) is 4.87. The summed E-state index contributed by atoms with van der Waals surface area (Å²) in [6.07, 6.45) is 5.83. The predicted molar refractivity (Wildman–Crippen MR) is 81.0 cm³/mol. The van der Waals surface area contributed by atoms with Gasteiger partial charge in [-0.05, 0) is 49.9 Å². The maximum absolute atomic E-state index is 6.07. The SMILES string of the molecule is Clc1ccc(CCN2CCN3CCCC[C@H]32)cc1Cl. The van der Waals surface area contributed by atoms with E-state index in [1.165, 1.54) is 44.5 Å². The normalized spacial score (nSPS) is 24.6. The molecule has 0 aliphatic carbocycles. The number of hydrogen-bond acceptors (Lipinski definition) is 2. The van der Waals surface area contributed by atoms with Gasteiger partial charge in [0.1, 0.15) is 0 Å². The van der Waals surface area contributed by atoms with Crippen LogP contribution in [0.2, 0.25) is 10.0 Å². The van der Waals surface area contributed by atoms with Gasteiger partial charge in [-0.15, -0.1) is 0 Å². The van der Waals surface area contributed by atoms with Gasteiger partial charge in [0.05, 0.1) is 16.2 Å². The molecule has 1 atom stereocenters. The molecule has 2 aliphatic heterocycles. The highest BCUT2D eigenvalue weighted by Crippen LogP contribution is 2.26. The second-order valence-electron chi connectivity index (χ2n) is 5.55. The molecule has 0 spiro atoms. The summed E-state index contributed by atoms with van der Waals surface area (Å²) in [5.41, 5.74) is 1.28. The van der Waals surface area contributed by atoms with Gasteiger partial charge in [0.15, 0.2) is 0 Å². The molecule has 0 aromatic heterocycles. The molecule has 0 unspecified atom stereocenters. The minimum Gasteiger partial charge on any atom is -0.287 e. The number of nitrogens with zero attached hydrogens (tertiary/aromatic N) is 2. The summed E-state index contributed by atoms with van der Waals surface area (Å²) in [5, 5.41) is 1.31. The highest BCUT2D eigenvalue weighted by Gasteiger charge is 2.32. The molecule has 2 nitrogen and oxygen atoms in total. The molecule has 0 amide bonds. The van der Waals surface area contributed by atoms with Crippen molar-refractivity contribution in [3.63, 3.8) is 0 Å². The lowest BCUT2D eigenvalue weighted by atomic mass is 10.1. The van der Waals surface area contributed by atoms with Gasteiger partial charge in [-0.25, -0.2) is 0 Å². The van der Waals surface area contributed by atoms with Crippen molar-refractivity contribution in [3.05, 3.63) is 33.8 Å². The van der Waals surface area contributed by atoms with Crippen molar-refractivity contribution >= 4 is 23.2 Å². The van der Waals surface area contributed by atoms with Crippen molar-refractivity contribution < 1.29 is 0 Å². The van der Waals surface area contributed by atoms with Crippen LogP contribution in [0.5, 0.6) is 0 Å². The van der Waals surface area contributed by atoms with Crippen molar-refractivity contribution in [1.82, 2.24) is 9.80 Å². The van der Waals surface area contributed by atoms with E-state index in [1.54, 1.807) is 0 Å². The zero-order valence-electron chi connectivity index (χ0n) is 11.1. The summed E-state index contributed by atoms with van der Waals surface area (Å²) in [7, 11) is 0. The molecule has 19 heavy (non-hydrogen) atoms. The fourth-order valence-electron chi connectivity index (χ4n) is 3.28. The van der Waals surface area contributed by atoms with Crippen LogP contribution in [0.1, 0.15) is 24.8 Å². The van der Waals surface area contributed by atoms with Crippen LogP contribution in [0.4, 0.5) is 0 Å². The topological polar surface area (TPSA) is 6.48 Å². The van der Waals surface area contributed by atoms with E-state index in [1.807, 2.05) is 12.1 Å². The second-order valence-corrected chi connectivity index (χ2v) is 6.36. The largest absolute Gasteiger partial charge is 0.287 e. The molecule has 4 heteroatoms. The van der Waals surface area contributed by atoms with E-state index in [0.29, 0.717) is 16.2 Å². The molecule has 2 heterocycles. The van der Waals surface area contributed by atoms with E-state index < -0.39 is 0 Å². The lowest BCUT2D eigenvalue weighted by Crippen LogP contribution is -2.42. The minimum atomic E-state index is 0.644. The number of benzene rings is 1. The Morgan fingerprint density at radius 3 is 2.79 bits per heavy atom. The smallest absolute Gasteiger partial charge is 0.0623 e. The van der Waals surface area contributed by atoms with Crippen molar-refractivity contribution in [2.75, 3.05) is 26.2 Å². The Labute approximate surface area is 125 Å². The first kappa shape index (κ1) is 13.7. The highest BCUT2D eigenvalue weighted by molar-refractivity contribution is 6.42. The second kappa shape index (κ2) is 6.01. The number of halogens is 2. The number of piperidine rings is 1. The summed E-state index contributed by atoms with van der Waals surface area (Å²) < 4.78 is 0. The van der Waals surface area contributed by atoms with E-state index >= 15 is 0 Å². The Kier molecular flexibility index (Phi) is 4.33. The number of fused-ring (bicyclic) bond motifs is 1. The molecule has 3 rings (SSSR count). The van der Waals surface area contributed by atoms with E-state index in [-0.39, 0.29) is 0 Å². The predicted octanol–water partition coefficient (Wildman–Crippen LogP) is 3.66. The third-order valence-corrected chi connectivity index (χ3v) is 5.09. The van der Waals surface area contributed by atoms with Crippen LogP contribution in [0.3, 0.4) is 0 Å². The van der Waals surface area contributed by atoms with Crippen LogP contribution in [-0.4, -0.2) is 42.1 Å². The lowest BCUT2D eigenvalue weighted by molar-refractivity contribution is 0.0989. The summed E-state index contributed by atoms with van der Waals surface area (Å²) >= 11 is 12.0. The van der Waals surface area contributed by atoms with Gasteiger partial charge in [-0.2, -0.15) is 0 Å². The van der Waals surface area contributed by atoms with Crippen molar-refractivity contribution in [3.8, 4) is 0 Å². The summed E-state index contributed by atoms with van der Waals surface area (Å²) in [4.78, 5) is 5.26. The maximum atomic E-state index is 6.07. The molecule has 0 radical (unpaired) electrons. The Bertz CT molecular complexity index is 450. The van der Waals surface area contributed by atoms with Gasteiger partial charge < -0.3 is 0 Å². The molecule has 2 fully saturated rings. The average molecular weight is 299 g/mol. The number of hydrogen-bond donors (Lipinski definition) is 0. The monoisotopic (exact) mass is 298 g/mol. The van der Waals surface area contributed by atoms with Gasteiger partial charge in [0, 0.05) is 19.6 Å². The minimum absolute atomic E-state index is 0.644. The van der Waals surface area contributed by atoms with Crippen LogP contribution in [-0.2, 0) is 6.42 Å². The third kappa shape index (κ3) is 3.08. The summed E-state index contributed by atoms with van der Waals surface area (Å²) in [6, 6.07) is 5.98. The van der Waals surface area contributed by atoms with Gasteiger partial charge in [-0.3, -0.25) is 9.80 Å². The van der Waals surface area contributed by atoms with Gasteiger partial charge in [-0.1, -0.05) is 29.3 Å². The van der Waals surface area contributed by atoms with Crippen molar-refractivity contribution in [1.29, 1.82) is 0 Å². The van der Waals surface area contributed by atoms with E-state index in [2.05, 4.69) is 15.9 Å². The van der Waals surface area contributed by atoms with Crippen molar-refractivity contribution in [2.24, 2.45) is 0 Å². The molecule has 0 N–H and O–H groups in total. The van der Waals surface area contributed by atoms with E-state index in [9.17, 15) is 0 Å². The first-order valence-corrected chi connectivity index (χ1v) is 7.92. The van der Waals surface area contributed by atoms with Crippen molar-refractivity contribution in [2.45, 2.75) is 31.8 Å². The quantitative estimate of drug-likeness (QED) is 0.840.